The highest BCUT2D eigenvalue weighted by Gasteiger charge is 1.94. The van der Waals surface area contributed by atoms with Crippen LogP contribution >= 0.6 is 0 Å². The molecule has 0 aromatic carbocycles. The summed E-state index contributed by atoms with van der Waals surface area (Å²) in [4.78, 5) is 4.01. The number of guanidine groups is 1. The lowest BCUT2D eigenvalue weighted by molar-refractivity contribution is 0.108. The molecule has 0 radical (unpaired) electrons. The van der Waals surface area contributed by atoms with Crippen LogP contribution in [0.4, 0.5) is 0 Å². The lowest BCUT2D eigenvalue weighted by atomic mass is 10.2. The van der Waals surface area contributed by atoms with E-state index in [2.05, 4.69) is 29.5 Å². The van der Waals surface area contributed by atoms with Crippen molar-refractivity contribution in [1.82, 2.24) is 10.6 Å². The van der Waals surface area contributed by atoms with Crippen LogP contribution in [0, 0.1) is 5.92 Å². The third-order valence-corrected chi connectivity index (χ3v) is 1.67. The van der Waals surface area contributed by atoms with Crippen LogP contribution in [0.2, 0.25) is 0 Å². The van der Waals surface area contributed by atoms with Crippen molar-refractivity contribution >= 4 is 5.96 Å². The summed E-state index contributed by atoms with van der Waals surface area (Å²) in [7, 11) is 3.61. The summed E-state index contributed by atoms with van der Waals surface area (Å²) in [6.07, 6.45) is 1.01. The van der Waals surface area contributed by atoms with E-state index in [1.807, 2.05) is 7.05 Å². The predicted octanol–water partition coefficient (Wildman–Crippen LogP) is 0.844. The maximum absolute atomic E-state index is 5.44. The Morgan fingerprint density at radius 3 is 2.64 bits per heavy atom. The van der Waals surface area contributed by atoms with Crippen molar-refractivity contribution in [2.75, 3.05) is 33.9 Å². The second-order valence-corrected chi connectivity index (χ2v) is 3.57. The molecule has 0 heterocycles. The van der Waals surface area contributed by atoms with Crippen molar-refractivity contribution in [1.29, 1.82) is 0 Å². The molecule has 14 heavy (non-hydrogen) atoms. The Labute approximate surface area is 87.1 Å². The SMILES string of the molecule is CN=C(NC)NCCCOCC(C)C. The van der Waals surface area contributed by atoms with Gasteiger partial charge in [-0.15, -0.1) is 0 Å². The van der Waals surface area contributed by atoms with Crippen LogP contribution in [0.5, 0.6) is 0 Å². The first-order valence-corrected chi connectivity index (χ1v) is 5.16. The molecule has 0 aliphatic rings. The second-order valence-electron chi connectivity index (χ2n) is 3.57. The molecule has 0 rings (SSSR count). The number of nitrogens with zero attached hydrogens (tertiary/aromatic N) is 1. The maximum Gasteiger partial charge on any atom is 0.190 e. The number of nitrogens with one attached hydrogen (secondary N) is 2. The van der Waals surface area contributed by atoms with Gasteiger partial charge in [-0.05, 0) is 12.3 Å². The molecular weight excluding hydrogens is 178 g/mol. The minimum Gasteiger partial charge on any atom is -0.381 e. The van der Waals surface area contributed by atoms with Crippen molar-refractivity contribution in [2.45, 2.75) is 20.3 Å². The largest absolute Gasteiger partial charge is 0.381 e. The molecule has 0 spiro atoms. The van der Waals surface area contributed by atoms with E-state index in [1.165, 1.54) is 0 Å². The molecule has 0 aromatic rings. The summed E-state index contributed by atoms with van der Waals surface area (Å²) in [5.41, 5.74) is 0. The number of hydrogen-bond donors (Lipinski definition) is 2. The molecular formula is C10H23N3O. The fourth-order valence-corrected chi connectivity index (χ4v) is 0.979. The first-order valence-electron chi connectivity index (χ1n) is 5.16. The van der Waals surface area contributed by atoms with Crippen LogP contribution < -0.4 is 10.6 Å². The summed E-state index contributed by atoms with van der Waals surface area (Å²) >= 11 is 0. The molecule has 0 aliphatic heterocycles. The van der Waals surface area contributed by atoms with Crippen LogP contribution in [0.25, 0.3) is 0 Å². The summed E-state index contributed by atoms with van der Waals surface area (Å²) in [5, 5.41) is 6.13. The van der Waals surface area contributed by atoms with Gasteiger partial charge < -0.3 is 15.4 Å². The Balaban J connectivity index is 3.21. The van der Waals surface area contributed by atoms with Crippen molar-refractivity contribution in [2.24, 2.45) is 10.9 Å². The zero-order chi connectivity index (χ0) is 10.8. The van der Waals surface area contributed by atoms with Crippen LogP contribution in [0.3, 0.4) is 0 Å². The quantitative estimate of drug-likeness (QED) is 0.380. The Morgan fingerprint density at radius 2 is 2.14 bits per heavy atom. The third kappa shape index (κ3) is 7.86. The molecule has 0 aromatic heterocycles. The van der Waals surface area contributed by atoms with Crippen molar-refractivity contribution < 1.29 is 4.74 Å². The lowest BCUT2D eigenvalue weighted by Gasteiger charge is -2.09. The number of rotatable bonds is 6. The molecule has 0 bridgehead atoms. The molecule has 4 heteroatoms. The van der Waals surface area contributed by atoms with E-state index in [9.17, 15) is 0 Å². The van der Waals surface area contributed by atoms with Gasteiger partial charge in [0.1, 0.15) is 0 Å². The number of hydrogen-bond acceptors (Lipinski definition) is 2. The van der Waals surface area contributed by atoms with E-state index in [1.54, 1.807) is 7.05 Å². The Morgan fingerprint density at radius 1 is 1.43 bits per heavy atom. The monoisotopic (exact) mass is 201 g/mol. The van der Waals surface area contributed by atoms with Gasteiger partial charge in [0, 0.05) is 33.9 Å². The standard InChI is InChI=1S/C10H23N3O/c1-9(2)8-14-7-5-6-13-10(11-3)12-4/h9H,5-8H2,1-4H3,(H2,11,12,13). The van der Waals surface area contributed by atoms with E-state index >= 15 is 0 Å². The molecule has 0 unspecified atom stereocenters. The Kier molecular flexibility index (Phi) is 8.33. The van der Waals surface area contributed by atoms with E-state index in [0.717, 1.165) is 32.1 Å². The molecule has 0 amide bonds. The second kappa shape index (κ2) is 8.81. The topological polar surface area (TPSA) is 45.7 Å². The summed E-state index contributed by atoms with van der Waals surface area (Å²) in [6, 6.07) is 0. The molecule has 2 N–H and O–H groups in total. The van der Waals surface area contributed by atoms with Crippen LogP contribution in [0.15, 0.2) is 4.99 Å². The minimum absolute atomic E-state index is 0.619. The predicted molar refractivity (Wildman–Crippen MR) is 60.7 cm³/mol. The molecule has 0 aliphatic carbocycles. The van der Waals surface area contributed by atoms with Gasteiger partial charge in [0.15, 0.2) is 5.96 Å². The molecule has 0 fully saturated rings. The summed E-state index contributed by atoms with van der Waals surface area (Å²) < 4.78 is 5.44. The van der Waals surface area contributed by atoms with Gasteiger partial charge in [-0.2, -0.15) is 0 Å². The highest BCUT2D eigenvalue weighted by Crippen LogP contribution is 1.92. The first kappa shape index (κ1) is 13.2. The molecule has 4 nitrogen and oxygen atoms in total. The highest BCUT2D eigenvalue weighted by atomic mass is 16.5. The molecule has 84 valence electrons. The van der Waals surface area contributed by atoms with Crippen molar-refractivity contribution in [3.05, 3.63) is 0 Å². The molecule has 0 saturated carbocycles. The summed E-state index contributed by atoms with van der Waals surface area (Å²) in [5.74, 6) is 1.45. The van der Waals surface area contributed by atoms with E-state index < -0.39 is 0 Å². The van der Waals surface area contributed by atoms with Crippen molar-refractivity contribution in [3.8, 4) is 0 Å². The van der Waals surface area contributed by atoms with Gasteiger partial charge in [0.2, 0.25) is 0 Å². The Hall–Kier alpha value is -0.770. The fraction of sp³-hybridized carbons (Fsp3) is 0.900. The van der Waals surface area contributed by atoms with Crippen LogP contribution in [-0.4, -0.2) is 39.8 Å². The van der Waals surface area contributed by atoms with Gasteiger partial charge in [-0.1, -0.05) is 13.8 Å². The number of ether oxygens (including phenoxy) is 1. The average Bonchev–Trinajstić information content (AvgIpc) is 2.16. The lowest BCUT2D eigenvalue weighted by Crippen LogP contribution is -2.35. The van der Waals surface area contributed by atoms with E-state index in [-0.39, 0.29) is 0 Å². The smallest absolute Gasteiger partial charge is 0.190 e. The van der Waals surface area contributed by atoms with Crippen LogP contribution in [0.1, 0.15) is 20.3 Å². The van der Waals surface area contributed by atoms with Gasteiger partial charge in [-0.25, -0.2) is 0 Å². The van der Waals surface area contributed by atoms with Crippen molar-refractivity contribution in [3.63, 3.8) is 0 Å². The van der Waals surface area contributed by atoms with Gasteiger partial charge in [0.25, 0.3) is 0 Å². The maximum atomic E-state index is 5.44. The third-order valence-electron chi connectivity index (χ3n) is 1.67. The zero-order valence-electron chi connectivity index (χ0n) is 9.76. The first-order chi connectivity index (χ1) is 6.70. The van der Waals surface area contributed by atoms with Gasteiger partial charge >= 0.3 is 0 Å². The van der Waals surface area contributed by atoms with E-state index in [4.69, 9.17) is 4.74 Å². The van der Waals surface area contributed by atoms with Gasteiger partial charge in [-0.3, -0.25) is 4.99 Å². The minimum atomic E-state index is 0.619. The van der Waals surface area contributed by atoms with E-state index in [0.29, 0.717) is 5.92 Å². The molecule has 0 atom stereocenters. The Bertz CT molecular complexity index is 157. The zero-order valence-corrected chi connectivity index (χ0v) is 9.76. The van der Waals surface area contributed by atoms with Crippen LogP contribution in [-0.2, 0) is 4.74 Å². The van der Waals surface area contributed by atoms with Gasteiger partial charge in [0.05, 0.1) is 0 Å². The highest BCUT2D eigenvalue weighted by molar-refractivity contribution is 5.79. The average molecular weight is 201 g/mol. The summed E-state index contributed by atoms with van der Waals surface area (Å²) in [6.45, 7) is 6.86. The normalized spacial score (nSPS) is 11.9. The number of aliphatic imine (C=N–C) groups is 1. The fourth-order valence-electron chi connectivity index (χ4n) is 0.979. The molecule has 0 saturated heterocycles.